The Kier molecular flexibility index (Phi) is 9.19. The summed E-state index contributed by atoms with van der Waals surface area (Å²) in [7, 11) is 1.60. The Bertz CT molecular complexity index is 1540. The quantitative estimate of drug-likeness (QED) is 0.115. The summed E-state index contributed by atoms with van der Waals surface area (Å²) in [6, 6.07) is 26.9. The van der Waals surface area contributed by atoms with Crippen molar-refractivity contribution in [2.75, 3.05) is 20.3 Å². The summed E-state index contributed by atoms with van der Waals surface area (Å²) >= 11 is 5.92. The van der Waals surface area contributed by atoms with Crippen LogP contribution in [0.1, 0.15) is 45.9 Å². The molecule has 41 heavy (non-hydrogen) atoms. The minimum Gasteiger partial charge on any atom is -0.506 e. The van der Waals surface area contributed by atoms with E-state index >= 15 is 0 Å². The number of methoxy groups -OCH3 is 1. The van der Waals surface area contributed by atoms with Gasteiger partial charge in [0.15, 0.2) is 11.5 Å². The molecule has 0 spiro atoms. The van der Waals surface area contributed by atoms with E-state index in [0.29, 0.717) is 36.3 Å². The summed E-state index contributed by atoms with van der Waals surface area (Å²) in [4.78, 5) is 12.5. The maximum absolute atomic E-state index is 12.5. The van der Waals surface area contributed by atoms with Crippen LogP contribution in [0.2, 0.25) is 5.02 Å². The van der Waals surface area contributed by atoms with Crippen molar-refractivity contribution in [1.82, 2.24) is 10.7 Å². The average Bonchev–Trinajstić information content (AvgIpc) is 3.01. The van der Waals surface area contributed by atoms with Gasteiger partial charge in [0.05, 0.1) is 18.3 Å². The summed E-state index contributed by atoms with van der Waals surface area (Å²) in [5.74, 6) is 0.660. The smallest absolute Gasteiger partial charge is 0.271 e. The lowest BCUT2D eigenvalue weighted by molar-refractivity contribution is 0.0955. The number of halogens is 1. The Balaban J connectivity index is 1.31. The van der Waals surface area contributed by atoms with Crippen LogP contribution < -0.4 is 20.2 Å². The van der Waals surface area contributed by atoms with Gasteiger partial charge < -0.3 is 19.9 Å². The number of nitrogens with zero attached hydrogens (tertiary/aromatic N) is 1. The van der Waals surface area contributed by atoms with Gasteiger partial charge in [-0.25, -0.2) is 5.43 Å². The molecule has 1 atom stereocenters. The number of carbonyl (C=O) groups excluding carboxylic acids is 1. The van der Waals surface area contributed by atoms with Crippen molar-refractivity contribution >= 4 is 23.7 Å². The highest BCUT2D eigenvalue weighted by molar-refractivity contribution is 6.32. The van der Waals surface area contributed by atoms with Crippen LogP contribution in [0.15, 0.2) is 90.0 Å². The van der Waals surface area contributed by atoms with Gasteiger partial charge in [-0.15, -0.1) is 0 Å². The highest BCUT2D eigenvalue weighted by Crippen LogP contribution is 2.39. The van der Waals surface area contributed by atoms with Gasteiger partial charge in [-0.2, -0.15) is 5.10 Å². The Labute approximate surface area is 244 Å². The normalized spacial score (nSPS) is 14.4. The zero-order valence-corrected chi connectivity index (χ0v) is 23.5. The molecule has 5 rings (SSSR count). The van der Waals surface area contributed by atoms with Crippen molar-refractivity contribution in [1.29, 1.82) is 0 Å². The minimum absolute atomic E-state index is 0.0909. The van der Waals surface area contributed by atoms with Crippen molar-refractivity contribution in [2.24, 2.45) is 5.10 Å². The average molecular weight is 570 g/mol. The zero-order chi connectivity index (χ0) is 28.6. The summed E-state index contributed by atoms with van der Waals surface area (Å²) in [5.41, 5.74) is 8.11. The second-order valence-electron chi connectivity index (χ2n) is 9.78. The molecule has 0 aliphatic heterocycles. The Morgan fingerprint density at radius 2 is 1.88 bits per heavy atom. The van der Waals surface area contributed by atoms with Crippen molar-refractivity contribution in [2.45, 2.75) is 25.3 Å². The number of hydrogen-bond acceptors (Lipinski definition) is 6. The van der Waals surface area contributed by atoms with Crippen LogP contribution in [0.25, 0.3) is 11.1 Å². The largest absolute Gasteiger partial charge is 0.506 e. The van der Waals surface area contributed by atoms with E-state index in [2.05, 4.69) is 40.1 Å². The summed E-state index contributed by atoms with van der Waals surface area (Å²) in [5, 5.41) is 17.5. The number of carbonyl (C=O) groups is 1. The molecule has 1 unspecified atom stereocenters. The number of fused-ring (bicyclic) bond motifs is 1. The Morgan fingerprint density at radius 1 is 1.07 bits per heavy atom. The lowest BCUT2D eigenvalue weighted by Crippen LogP contribution is -2.29. The van der Waals surface area contributed by atoms with Crippen molar-refractivity contribution in [3.05, 3.63) is 112 Å². The van der Waals surface area contributed by atoms with E-state index in [-0.39, 0.29) is 16.3 Å². The topological polar surface area (TPSA) is 92.2 Å². The molecule has 0 bridgehead atoms. The molecular formula is C33H32ClN3O4. The zero-order valence-electron chi connectivity index (χ0n) is 22.8. The predicted octanol–water partition coefficient (Wildman–Crippen LogP) is 6.53. The molecule has 8 heteroatoms. The lowest BCUT2D eigenvalue weighted by atomic mass is 9.88. The van der Waals surface area contributed by atoms with E-state index in [1.165, 1.54) is 35.7 Å². The minimum atomic E-state index is -0.452. The fraction of sp³-hybridized carbons (Fsp3) is 0.212. The third-order valence-corrected chi connectivity index (χ3v) is 7.38. The van der Waals surface area contributed by atoms with Crippen LogP contribution in [0.5, 0.6) is 17.2 Å². The van der Waals surface area contributed by atoms with Gasteiger partial charge in [0.1, 0.15) is 12.4 Å². The van der Waals surface area contributed by atoms with Crippen LogP contribution in [0.3, 0.4) is 0 Å². The summed E-state index contributed by atoms with van der Waals surface area (Å²) in [6.07, 6.45) is 4.96. The van der Waals surface area contributed by atoms with Crippen LogP contribution in [-0.4, -0.2) is 37.5 Å². The molecule has 1 aliphatic carbocycles. The molecule has 4 aromatic carbocycles. The number of benzene rings is 4. The highest BCUT2D eigenvalue weighted by atomic mass is 35.5. The molecule has 3 N–H and O–H groups in total. The molecule has 1 aliphatic rings. The number of hydrazone groups is 1. The van der Waals surface area contributed by atoms with E-state index in [1.807, 2.05) is 42.5 Å². The standard InChI is InChI=1S/C33H32ClN3O4/c1-40-31-19-22(21-36-37-33(39)25-14-15-30(38)28(34)20-25)18-27(24-8-3-2-4-9-24)32(31)41-17-16-35-29-13-7-11-23-10-5-6-12-26(23)29/h2-6,8-10,12,14-15,18-21,29,35,38H,7,11,13,16-17H2,1H3,(H,37,39)/b36-21+. The molecule has 4 aromatic rings. The molecule has 7 nitrogen and oxygen atoms in total. The second kappa shape index (κ2) is 13.4. The van der Waals surface area contributed by atoms with Gasteiger partial charge in [-0.1, -0.05) is 66.2 Å². The Morgan fingerprint density at radius 3 is 2.68 bits per heavy atom. The summed E-state index contributed by atoms with van der Waals surface area (Å²) in [6.45, 7) is 1.15. The molecule has 0 saturated carbocycles. The number of rotatable bonds is 10. The van der Waals surface area contributed by atoms with E-state index < -0.39 is 5.91 Å². The van der Waals surface area contributed by atoms with Crippen molar-refractivity contribution in [3.8, 4) is 28.4 Å². The first-order chi connectivity index (χ1) is 20.0. The van der Waals surface area contributed by atoms with Crippen LogP contribution in [0, 0.1) is 0 Å². The van der Waals surface area contributed by atoms with Crippen LogP contribution >= 0.6 is 11.6 Å². The monoisotopic (exact) mass is 569 g/mol. The number of hydrogen-bond donors (Lipinski definition) is 3. The number of ether oxygens (including phenoxy) is 2. The number of phenols is 1. The lowest BCUT2D eigenvalue weighted by Gasteiger charge is -2.26. The first kappa shape index (κ1) is 28.2. The third kappa shape index (κ3) is 6.88. The van der Waals surface area contributed by atoms with E-state index in [1.54, 1.807) is 13.3 Å². The number of phenolic OH excluding ortho intramolecular Hbond substituents is 1. The molecule has 0 heterocycles. The van der Waals surface area contributed by atoms with Gasteiger partial charge in [0.25, 0.3) is 5.91 Å². The summed E-state index contributed by atoms with van der Waals surface area (Å²) < 4.78 is 12.1. The SMILES string of the molecule is COc1cc(/C=N/NC(=O)c2ccc(O)c(Cl)c2)cc(-c2ccccc2)c1OCCNC1CCCc2ccccc21. The maximum atomic E-state index is 12.5. The maximum Gasteiger partial charge on any atom is 0.271 e. The number of aromatic hydroxyl groups is 1. The first-order valence-electron chi connectivity index (χ1n) is 13.6. The number of nitrogens with one attached hydrogen (secondary N) is 2. The van der Waals surface area contributed by atoms with Crippen molar-refractivity contribution in [3.63, 3.8) is 0 Å². The highest BCUT2D eigenvalue weighted by Gasteiger charge is 2.20. The number of aryl methyl sites for hydroxylation is 1. The molecular weight excluding hydrogens is 538 g/mol. The van der Waals surface area contributed by atoms with Crippen LogP contribution in [0.4, 0.5) is 0 Å². The third-order valence-electron chi connectivity index (χ3n) is 7.08. The Hall–Kier alpha value is -4.33. The molecule has 0 saturated heterocycles. The fourth-order valence-electron chi connectivity index (χ4n) is 5.06. The number of amides is 1. The first-order valence-corrected chi connectivity index (χ1v) is 13.9. The van der Waals surface area contributed by atoms with Crippen LogP contribution in [-0.2, 0) is 6.42 Å². The van der Waals surface area contributed by atoms with Gasteiger partial charge in [-0.3, -0.25) is 4.79 Å². The van der Waals surface area contributed by atoms with Gasteiger partial charge in [0, 0.05) is 23.7 Å². The molecule has 0 aromatic heterocycles. The molecule has 0 radical (unpaired) electrons. The van der Waals surface area contributed by atoms with E-state index in [9.17, 15) is 9.90 Å². The van der Waals surface area contributed by atoms with Gasteiger partial charge >= 0.3 is 0 Å². The second-order valence-corrected chi connectivity index (χ2v) is 10.2. The van der Waals surface area contributed by atoms with Gasteiger partial charge in [0.2, 0.25) is 0 Å². The van der Waals surface area contributed by atoms with E-state index in [4.69, 9.17) is 21.1 Å². The predicted molar refractivity (Wildman–Crippen MR) is 162 cm³/mol. The molecule has 210 valence electrons. The van der Waals surface area contributed by atoms with Gasteiger partial charge in [-0.05, 0) is 71.8 Å². The fourth-order valence-corrected chi connectivity index (χ4v) is 5.24. The van der Waals surface area contributed by atoms with Crippen molar-refractivity contribution < 1.29 is 19.4 Å². The molecule has 0 fully saturated rings. The van der Waals surface area contributed by atoms with E-state index in [0.717, 1.165) is 24.0 Å². The molecule has 1 amide bonds.